The van der Waals surface area contributed by atoms with Crippen molar-refractivity contribution in [2.24, 2.45) is 4.99 Å². The third-order valence-electron chi connectivity index (χ3n) is 4.46. The third kappa shape index (κ3) is 5.02. The van der Waals surface area contributed by atoms with E-state index < -0.39 is 0 Å². The Bertz CT molecular complexity index is 881. The molecule has 5 heteroatoms. The molecule has 0 amide bonds. The van der Waals surface area contributed by atoms with E-state index in [1.54, 1.807) is 11.8 Å². The highest BCUT2D eigenvalue weighted by molar-refractivity contribution is 8.14. The first kappa shape index (κ1) is 20.1. The minimum Gasteiger partial charge on any atom is -0.339 e. The summed E-state index contributed by atoms with van der Waals surface area (Å²) >= 11 is 14.6. The summed E-state index contributed by atoms with van der Waals surface area (Å²) in [6.07, 6.45) is 6.28. The van der Waals surface area contributed by atoms with Crippen LogP contribution in [-0.2, 0) is 6.42 Å². The van der Waals surface area contributed by atoms with Crippen LogP contribution >= 0.6 is 35.0 Å². The minimum absolute atomic E-state index is 0.113. The highest BCUT2D eigenvalue weighted by atomic mass is 35.5. The summed E-state index contributed by atoms with van der Waals surface area (Å²) in [5.74, 6) is 3.72. The fraction of sp³-hybridized carbons (Fsp3) is 0.318. The Morgan fingerprint density at radius 2 is 1.96 bits per heavy atom. The van der Waals surface area contributed by atoms with E-state index in [4.69, 9.17) is 34.6 Å². The van der Waals surface area contributed by atoms with E-state index in [9.17, 15) is 0 Å². The smallest absolute Gasteiger partial charge is 0.160 e. The number of rotatable bonds is 5. The molecule has 0 N–H and O–H groups in total. The van der Waals surface area contributed by atoms with Crippen LogP contribution in [0.2, 0.25) is 10.0 Å². The minimum atomic E-state index is -0.113. The number of aryl methyl sites for hydroxylation is 2. The summed E-state index contributed by atoms with van der Waals surface area (Å²) < 4.78 is 0. The lowest BCUT2D eigenvalue weighted by Gasteiger charge is -2.20. The Kier molecular flexibility index (Phi) is 6.76. The molecule has 140 valence electrons. The van der Waals surface area contributed by atoms with Gasteiger partial charge < -0.3 is 4.90 Å². The van der Waals surface area contributed by atoms with Gasteiger partial charge in [-0.15, -0.1) is 6.42 Å². The van der Waals surface area contributed by atoms with E-state index in [-0.39, 0.29) is 6.04 Å². The van der Waals surface area contributed by atoms with Crippen molar-refractivity contribution in [2.75, 3.05) is 18.8 Å². The van der Waals surface area contributed by atoms with Gasteiger partial charge in [0.15, 0.2) is 5.17 Å². The fourth-order valence-corrected chi connectivity index (χ4v) is 4.82. The molecule has 1 atom stereocenters. The van der Waals surface area contributed by atoms with Crippen molar-refractivity contribution in [1.82, 2.24) is 4.90 Å². The summed E-state index contributed by atoms with van der Waals surface area (Å²) in [5, 5.41) is 2.11. The maximum absolute atomic E-state index is 6.55. The molecule has 1 unspecified atom stereocenters. The second-order valence-electron chi connectivity index (χ2n) is 6.74. The first-order valence-electron chi connectivity index (χ1n) is 8.88. The van der Waals surface area contributed by atoms with Gasteiger partial charge in [-0.2, -0.15) is 0 Å². The lowest BCUT2D eigenvalue weighted by Crippen LogP contribution is -2.25. The normalized spacial score (nSPS) is 16.6. The molecule has 1 aliphatic rings. The SMILES string of the molecule is C#CCN1CCSC1=NC(Cc1cc(C)cc(C)c1)c1cccc(Cl)c1Cl. The van der Waals surface area contributed by atoms with E-state index >= 15 is 0 Å². The number of thioether (sulfide) groups is 1. The Morgan fingerprint density at radius 1 is 1.22 bits per heavy atom. The first-order valence-corrected chi connectivity index (χ1v) is 10.6. The molecule has 27 heavy (non-hydrogen) atoms. The molecule has 0 aliphatic carbocycles. The monoisotopic (exact) mass is 416 g/mol. The number of benzene rings is 2. The first-order chi connectivity index (χ1) is 13.0. The highest BCUT2D eigenvalue weighted by Crippen LogP contribution is 2.35. The zero-order chi connectivity index (χ0) is 19.4. The lowest BCUT2D eigenvalue weighted by molar-refractivity contribution is 0.513. The zero-order valence-electron chi connectivity index (χ0n) is 15.5. The second kappa shape index (κ2) is 9.06. The van der Waals surface area contributed by atoms with Crippen molar-refractivity contribution >= 4 is 40.1 Å². The van der Waals surface area contributed by atoms with E-state index in [1.807, 2.05) is 18.2 Å². The largest absolute Gasteiger partial charge is 0.339 e. The Labute approximate surface area is 176 Å². The van der Waals surface area contributed by atoms with Crippen molar-refractivity contribution in [2.45, 2.75) is 26.3 Å². The Morgan fingerprint density at radius 3 is 2.67 bits per heavy atom. The molecule has 1 heterocycles. The number of terminal acetylenes is 1. The van der Waals surface area contributed by atoms with Crippen LogP contribution in [0.3, 0.4) is 0 Å². The number of halogens is 2. The van der Waals surface area contributed by atoms with Gasteiger partial charge >= 0.3 is 0 Å². The van der Waals surface area contributed by atoms with Crippen LogP contribution in [0.4, 0.5) is 0 Å². The van der Waals surface area contributed by atoms with E-state index in [1.165, 1.54) is 16.7 Å². The summed E-state index contributed by atoms with van der Waals surface area (Å²) in [4.78, 5) is 7.22. The van der Waals surface area contributed by atoms with Crippen LogP contribution in [-0.4, -0.2) is 28.9 Å². The summed E-state index contributed by atoms with van der Waals surface area (Å²) in [6, 6.07) is 12.2. The van der Waals surface area contributed by atoms with Gasteiger partial charge in [0.25, 0.3) is 0 Å². The topological polar surface area (TPSA) is 15.6 Å². The van der Waals surface area contributed by atoms with Gasteiger partial charge in [0.1, 0.15) is 0 Å². The summed E-state index contributed by atoms with van der Waals surface area (Å²) in [7, 11) is 0. The predicted molar refractivity (Wildman–Crippen MR) is 119 cm³/mol. The van der Waals surface area contributed by atoms with Crippen LogP contribution in [0.5, 0.6) is 0 Å². The average molecular weight is 417 g/mol. The van der Waals surface area contributed by atoms with Crippen LogP contribution in [0.25, 0.3) is 0 Å². The molecule has 0 aromatic heterocycles. The van der Waals surface area contributed by atoms with E-state index in [0.717, 1.165) is 29.4 Å². The van der Waals surface area contributed by atoms with E-state index in [0.29, 0.717) is 16.6 Å². The zero-order valence-corrected chi connectivity index (χ0v) is 17.8. The molecule has 0 spiro atoms. The maximum atomic E-state index is 6.55. The molecule has 2 aromatic rings. The van der Waals surface area contributed by atoms with Crippen molar-refractivity contribution in [3.05, 3.63) is 68.7 Å². The van der Waals surface area contributed by atoms with Gasteiger partial charge in [0, 0.05) is 12.3 Å². The van der Waals surface area contributed by atoms with Gasteiger partial charge in [-0.1, -0.05) is 82.3 Å². The van der Waals surface area contributed by atoms with Crippen LogP contribution in [0.1, 0.15) is 28.3 Å². The van der Waals surface area contributed by atoms with Crippen molar-refractivity contribution < 1.29 is 0 Å². The van der Waals surface area contributed by atoms with Gasteiger partial charge in [0.05, 0.1) is 22.6 Å². The molecular weight excluding hydrogens is 395 g/mol. The van der Waals surface area contributed by atoms with Crippen molar-refractivity contribution in [3.8, 4) is 12.3 Å². The van der Waals surface area contributed by atoms with Gasteiger partial charge in [0.2, 0.25) is 0 Å². The quantitative estimate of drug-likeness (QED) is 0.560. The molecule has 0 radical (unpaired) electrons. The van der Waals surface area contributed by atoms with Crippen molar-refractivity contribution in [1.29, 1.82) is 0 Å². The lowest BCUT2D eigenvalue weighted by atomic mass is 9.97. The average Bonchev–Trinajstić information content (AvgIpc) is 3.03. The van der Waals surface area contributed by atoms with Crippen LogP contribution in [0, 0.1) is 26.2 Å². The van der Waals surface area contributed by atoms with E-state index in [2.05, 4.69) is 42.9 Å². The molecule has 2 aromatic carbocycles. The number of hydrogen-bond acceptors (Lipinski definition) is 2. The maximum Gasteiger partial charge on any atom is 0.160 e. The standard InChI is InChI=1S/C22H22Cl2N2S/c1-4-8-26-9-10-27-22(26)25-20(18-6-5-7-19(23)21(18)24)14-17-12-15(2)11-16(3)13-17/h1,5-7,11-13,20H,8-10,14H2,2-3H3. The number of amidine groups is 1. The van der Waals surface area contributed by atoms with Crippen molar-refractivity contribution in [3.63, 3.8) is 0 Å². The number of hydrogen-bond donors (Lipinski definition) is 0. The Balaban J connectivity index is 2.01. The van der Waals surface area contributed by atoms with Crippen LogP contribution in [0.15, 0.2) is 41.4 Å². The summed E-state index contributed by atoms with van der Waals surface area (Å²) in [5.41, 5.74) is 4.68. The molecule has 1 saturated heterocycles. The number of aliphatic imine (C=N–C) groups is 1. The fourth-order valence-electron chi connectivity index (χ4n) is 3.36. The molecule has 0 bridgehead atoms. The molecule has 0 saturated carbocycles. The van der Waals surface area contributed by atoms with Crippen LogP contribution < -0.4 is 0 Å². The van der Waals surface area contributed by atoms with Gasteiger partial charge in [-0.25, -0.2) is 0 Å². The van der Waals surface area contributed by atoms with Gasteiger partial charge in [-0.05, 0) is 37.5 Å². The molecule has 3 rings (SSSR count). The summed E-state index contributed by atoms with van der Waals surface area (Å²) in [6.45, 7) is 5.73. The molecule has 1 aliphatic heterocycles. The highest BCUT2D eigenvalue weighted by Gasteiger charge is 2.23. The second-order valence-corrected chi connectivity index (χ2v) is 8.59. The molecular formula is C22H22Cl2N2S. The number of nitrogens with zero attached hydrogens (tertiary/aromatic N) is 2. The third-order valence-corrected chi connectivity index (χ3v) is 6.30. The molecule has 1 fully saturated rings. The predicted octanol–water partition coefficient (Wildman–Crippen LogP) is 5.93. The Hall–Kier alpha value is -1.60. The molecule has 2 nitrogen and oxygen atoms in total. The van der Waals surface area contributed by atoms with Gasteiger partial charge in [-0.3, -0.25) is 4.99 Å².